The summed E-state index contributed by atoms with van der Waals surface area (Å²) in [6, 6.07) is -0.766. The van der Waals surface area contributed by atoms with Crippen LogP contribution in [0.2, 0.25) is 0 Å². The molecule has 0 saturated carbocycles. The van der Waals surface area contributed by atoms with Crippen LogP contribution in [0.15, 0.2) is 0 Å². The highest BCUT2D eigenvalue weighted by molar-refractivity contribution is 5.83. The molecule has 0 rings (SSSR count). The van der Waals surface area contributed by atoms with Crippen molar-refractivity contribution in [2.75, 3.05) is 6.54 Å². The first kappa shape index (κ1) is 15.9. The van der Waals surface area contributed by atoms with Crippen molar-refractivity contribution < 1.29 is 14.7 Å². The minimum Gasteiger partial charge on any atom is -0.480 e. The van der Waals surface area contributed by atoms with E-state index in [1.807, 2.05) is 13.8 Å². The summed E-state index contributed by atoms with van der Waals surface area (Å²) in [5.74, 6) is -1.05. The van der Waals surface area contributed by atoms with Gasteiger partial charge in [-0.15, -0.1) is 0 Å². The van der Waals surface area contributed by atoms with E-state index in [0.717, 1.165) is 19.3 Å². The van der Waals surface area contributed by atoms with Crippen LogP contribution in [0.3, 0.4) is 0 Å². The van der Waals surface area contributed by atoms with Gasteiger partial charge in [0.25, 0.3) is 0 Å². The lowest BCUT2D eigenvalue weighted by molar-refractivity contribution is -0.142. The first-order valence-corrected chi connectivity index (χ1v) is 6.27. The summed E-state index contributed by atoms with van der Waals surface area (Å²) < 4.78 is 0. The maximum absolute atomic E-state index is 11.6. The van der Waals surface area contributed by atoms with Crippen LogP contribution in [-0.2, 0) is 9.59 Å². The number of carbonyl (C=O) groups is 2. The average molecular weight is 244 g/mol. The molecular weight excluding hydrogens is 220 g/mol. The smallest absolute Gasteiger partial charge is 0.326 e. The van der Waals surface area contributed by atoms with Gasteiger partial charge in [0.1, 0.15) is 6.04 Å². The third-order valence-electron chi connectivity index (χ3n) is 2.86. The van der Waals surface area contributed by atoms with Gasteiger partial charge in [0.15, 0.2) is 0 Å². The van der Waals surface area contributed by atoms with Crippen LogP contribution in [0, 0.1) is 5.92 Å². The van der Waals surface area contributed by atoms with Gasteiger partial charge in [-0.2, -0.15) is 0 Å². The monoisotopic (exact) mass is 244 g/mol. The Morgan fingerprint density at radius 3 is 2.41 bits per heavy atom. The van der Waals surface area contributed by atoms with E-state index >= 15 is 0 Å². The molecule has 5 nitrogen and oxygen atoms in total. The first-order chi connectivity index (χ1) is 8.04. The molecule has 0 aliphatic heterocycles. The summed E-state index contributed by atoms with van der Waals surface area (Å²) in [6.07, 6.45) is 3.34. The van der Waals surface area contributed by atoms with Gasteiger partial charge in [0.2, 0.25) is 5.91 Å². The number of nitrogens with two attached hydrogens (primary N) is 1. The molecule has 1 amide bonds. The molecule has 0 spiro atoms. The van der Waals surface area contributed by atoms with Crippen LogP contribution in [0.1, 0.15) is 46.0 Å². The molecule has 0 radical (unpaired) electrons. The second-order valence-electron chi connectivity index (χ2n) is 4.31. The molecule has 0 saturated heterocycles. The topological polar surface area (TPSA) is 92.4 Å². The Morgan fingerprint density at radius 1 is 1.35 bits per heavy atom. The maximum atomic E-state index is 11.6. The van der Waals surface area contributed by atoms with E-state index in [2.05, 4.69) is 5.32 Å². The zero-order valence-corrected chi connectivity index (χ0v) is 10.7. The fraction of sp³-hybridized carbons (Fsp3) is 0.833. The molecule has 100 valence electrons. The second-order valence-corrected chi connectivity index (χ2v) is 4.31. The highest BCUT2D eigenvalue weighted by Crippen LogP contribution is 2.07. The SMILES string of the molecule is CCCC[C@H](NC(=O)CC(CC)CN)C(=O)O. The minimum absolute atomic E-state index is 0.135. The fourth-order valence-electron chi connectivity index (χ4n) is 1.58. The lowest BCUT2D eigenvalue weighted by Crippen LogP contribution is -2.41. The number of aliphatic carboxylic acids is 1. The summed E-state index contributed by atoms with van der Waals surface area (Å²) in [5, 5.41) is 11.5. The van der Waals surface area contributed by atoms with Crippen molar-refractivity contribution >= 4 is 11.9 Å². The van der Waals surface area contributed by atoms with Crippen LogP contribution in [0.25, 0.3) is 0 Å². The summed E-state index contributed by atoms with van der Waals surface area (Å²) >= 11 is 0. The Balaban J connectivity index is 4.15. The number of carbonyl (C=O) groups excluding carboxylic acids is 1. The van der Waals surface area contributed by atoms with E-state index in [-0.39, 0.29) is 11.8 Å². The largest absolute Gasteiger partial charge is 0.480 e. The van der Waals surface area contributed by atoms with Crippen molar-refractivity contribution in [3.05, 3.63) is 0 Å². The van der Waals surface area contributed by atoms with E-state index in [0.29, 0.717) is 19.4 Å². The molecule has 2 atom stereocenters. The molecule has 4 N–H and O–H groups in total. The van der Waals surface area contributed by atoms with E-state index in [9.17, 15) is 9.59 Å². The van der Waals surface area contributed by atoms with Crippen LogP contribution >= 0.6 is 0 Å². The molecule has 0 aromatic rings. The highest BCUT2D eigenvalue weighted by atomic mass is 16.4. The fourth-order valence-corrected chi connectivity index (χ4v) is 1.58. The zero-order chi connectivity index (χ0) is 13.3. The Kier molecular flexibility index (Phi) is 8.40. The van der Waals surface area contributed by atoms with Crippen molar-refractivity contribution in [1.29, 1.82) is 0 Å². The minimum atomic E-state index is -0.965. The lowest BCUT2D eigenvalue weighted by atomic mass is 10.0. The van der Waals surface area contributed by atoms with Gasteiger partial charge in [-0.1, -0.05) is 33.1 Å². The number of carboxylic acids is 1. The number of unbranched alkanes of at least 4 members (excludes halogenated alkanes) is 1. The molecule has 0 heterocycles. The van der Waals surface area contributed by atoms with Crippen LogP contribution in [0.4, 0.5) is 0 Å². The van der Waals surface area contributed by atoms with Crippen molar-refractivity contribution in [3.63, 3.8) is 0 Å². The molecule has 0 bridgehead atoms. The predicted octanol–water partition coefficient (Wildman–Crippen LogP) is 1.12. The van der Waals surface area contributed by atoms with Crippen molar-refractivity contribution in [3.8, 4) is 0 Å². The number of hydrogen-bond donors (Lipinski definition) is 3. The molecular formula is C12H24N2O3. The summed E-state index contributed by atoms with van der Waals surface area (Å²) in [5.41, 5.74) is 5.51. The number of nitrogens with one attached hydrogen (secondary N) is 1. The molecule has 17 heavy (non-hydrogen) atoms. The molecule has 0 aromatic carbocycles. The highest BCUT2D eigenvalue weighted by Gasteiger charge is 2.20. The van der Waals surface area contributed by atoms with Crippen molar-refractivity contribution in [2.45, 2.75) is 52.0 Å². The van der Waals surface area contributed by atoms with E-state index in [4.69, 9.17) is 10.8 Å². The summed E-state index contributed by atoms with van der Waals surface area (Å²) in [4.78, 5) is 22.5. The zero-order valence-electron chi connectivity index (χ0n) is 10.7. The summed E-state index contributed by atoms with van der Waals surface area (Å²) in [6.45, 7) is 4.41. The first-order valence-electron chi connectivity index (χ1n) is 6.27. The van der Waals surface area contributed by atoms with Gasteiger partial charge in [-0.25, -0.2) is 4.79 Å². The predicted molar refractivity (Wildman–Crippen MR) is 66.5 cm³/mol. The standard InChI is InChI=1S/C12H24N2O3/c1-3-5-6-10(12(16)17)14-11(15)7-9(4-2)8-13/h9-10H,3-8,13H2,1-2H3,(H,14,15)(H,16,17)/t9?,10-/m0/s1. The Morgan fingerprint density at radius 2 is 2.00 bits per heavy atom. The van der Waals surface area contributed by atoms with E-state index < -0.39 is 12.0 Å². The Bertz CT molecular complexity index is 240. The Labute approximate surface area is 103 Å². The van der Waals surface area contributed by atoms with Crippen LogP contribution < -0.4 is 11.1 Å². The summed E-state index contributed by atoms with van der Waals surface area (Å²) in [7, 11) is 0. The third kappa shape index (κ3) is 6.94. The van der Waals surface area contributed by atoms with E-state index in [1.165, 1.54) is 0 Å². The van der Waals surface area contributed by atoms with Crippen molar-refractivity contribution in [2.24, 2.45) is 11.7 Å². The number of hydrogen-bond acceptors (Lipinski definition) is 3. The average Bonchev–Trinajstić information content (AvgIpc) is 2.30. The number of amides is 1. The molecule has 1 unspecified atom stereocenters. The van der Waals surface area contributed by atoms with Gasteiger partial charge < -0.3 is 16.2 Å². The van der Waals surface area contributed by atoms with Gasteiger partial charge >= 0.3 is 5.97 Å². The third-order valence-corrected chi connectivity index (χ3v) is 2.86. The van der Waals surface area contributed by atoms with Crippen LogP contribution in [-0.4, -0.2) is 29.6 Å². The lowest BCUT2D eigenvalue weighted by Gasteiger charge is -2.16. The van der Waals surface area contributed by atoms with Gasteiger partial charge in [0.05, 0.1) is 0 Å². The van der Waals surface area contributed by atoms with Crippen molar-refractivity contribution in [1.82, 2.24) is 5.32 Å². The molecule has 0 aromatic heterocycles. The number of rotatable bonds is 9. The number of carboxylic acid groups (broad SMARTS) is 1. The normalized spacial score (nSPS) is 14.1. The van der Waals surface area contributed by atoms with E-state index in [1.54, 1.807) is 0 Å². The molecule has 0 fully saturated rings. The van der Waals surface area contributed by atoms with Gasteiger partial charge in [-0.3, -0.25) is 4.79 Å². The quantitative estimate of drug-likeness (QED) is 0.566. The molecule has 0 aliphatic rings. The molecule has 5 heteroatoms. The van der Waals surface area contributed by atoms with Gasteiger partial charge in [0, 0.05) is 6.42 Å². The van der Waals surface area contributed by atoms with Crippen LogP contribution in [0.5, 0.6) is 0 Å². The Hall–Kier alpha value is -1.10. The maximum Gasteiger partial charge on any atom is 0.326 e. The molecule has 0 aliphatic carbocycles. The second kappa shape index (κ2) is 8.98. The van der Waals surface area contributed by atoms with Gasteiger partial charge in [-0.05, 0) is 18.9 Å².